The molecule has 1 fully saturated rings. The minimum absolute atomic E-state index is 0.0519. The molecule has 1 saturated heterocycles. The number of halogens is 2. The summed E-state index contributed by atoms with van der Waals surface area (Å²) in [6, 6.07) is 12.5. The molecular weight excluding hydrogens is 476 g/mol. The highest BCUT2D eigenvalue weighted by Gasteiger charge is 2.24. The van der Waals surface area contributed by atoms with Crippen LogP contribution in [-0.4, -0.2) is 55.8 Å². The van der Waals surface area contributed by atoms with Crippen LogP contribution in [0, 0.1) is 0 Å². The van der Waals surface area contributed by atoms with Gasteiger partial charge >= 0.3 is 0 Å². The molecule has 0 unspecified atom stereocenters. The Morgan fingerprint density at radius 2 is 1.74 bits per heavy atom. The van der Waals surface area contributed by atoms with Gasteiger partial charge in [0.1, 0.15) is 0 Å². The highest BCUT2D eigenvalue weighted by Crippen LogP contribution is 2.30. The van der Waals surface area contributed by atoms with Crippen molar-refractivity contribution >= 4 is 55.3 Å². The first-order valence-corrected chi connectivity index (χ1v) is 11.6. The lowest BCUT2D eigenvalue weighted by atomic mass is 10.3. The lowest BCUT2D eigenvalue weighted by Crippen LogP contribution is -2.37. The summed E-state index contributed by atoms with van der Waals surface area (Å²) in [5.74, 6) is 0.196. The predicted octanol–water partition coefficient (Wildman–Crippen LogP) is 3.92. The number of ether oxygens (including phenoxy) is 1. The van der Waals surface area contributed by atoms with Crippen LogP contribution in [0.2, 0.25) is 0 Å². The fourth-order valence-corrected chi connectivity index (χ4v) is 4.74. The molecule has 35 heavy (non-hydrogen) atoms. The van der Waals surface area contributed by atoms with E-state index in [4.69, 9.17) is 10.5 Å². The zero-order valence-corrected chi connectivity index (χ0v) is 19.0. The number of aromatic nitrogens is 6. The molecule has 1 aliphatic rings. The van der Waals surface area contributed by atoms with Crippen LogP contribution in [0.1, 0.15) is 12.2 Å². The Labute approximate surface area is 201 Å². The molecule has 2 aromatic carbocycles. The topological polar surface area (TPSA) is 120 Å². The van der Waals surface area contributed by atoms with Crippen LogP contribution in [0.5, 0.6) is 0 Å². The van der Waals surface area contributed by atoms with Gasteiger partial charge in [-0.2, -0.15) is 15.0 Å². The van der Waals surface area contributed by atoms with Gasteiger partial charge in [0.15, 0.2) is 11.0 Å². The third-order valence-electron chi connectivity index (χ3n) is 5.55. The Kier molecular flexibility index (Phi) is 5.34. The van der Waals surface area contributed by atoms with Gasteiger partial charge in [0.2, 0.25) is 17.8 Å². The summed E-state index contributed by atoms with van der Waals surface area (Å²) >= 11 is 1.37. The van der Waals surface area contributed by atoms with E-state index in [9.17, 15) is 8.78 Å². The molecule has 5 aromatic rings. The second-order valence-electron chi connectivity index (χ2n) is 7.81. The minimum Gasteiger partial charge on any atom is -0.378 e. The first-order chi connectivity index (χ1) is 17.0. The molecule has 0 bridgehead atoms. The van der Waals surface area contributed by atoms with Gasteiger partial charge in [0, 0.05) is 18.8 Å². The largest absolute Gasteiger partial charge is 0.378 e. The summed E-state index contributed by atoms with van der Waals surface area (Å²) in [4.78, 5) is 24.0. The van der Waals surface area contributed by atoms with Gasteiger partial charge in [-0.25, -0.2) is 18.7 Å². The van der Waals surface area contributed by atoms with E-state index < -0.39 is 12.2 Å². The highest BCUT2D eigenvalue weighted by molar-refractivity contribution is 7.22. The van der Waals surface area contributed by atoms with E-state index in [2.05, 4.69) is 30.2 Å². The number of hydrogen-bond acceptors (Lipinski definition) is 10. The summed E-state index contributed by atoms with van der Waals surface area (Å²) in [5, 5.41) is 3.65. The second-order valence-corrected chi connectivity index (χ2v) is 8.88. The average molecular weight is 496 g/mol. The Balaban J connectivity index is 1.48. The molecule has 3 N–H and O–H groups in total. The predicted molar refractivity (Wildman–Crippen MR) is 130 cm³/mol. The highest BCUT2D eigenvalue weighted by atomic mass is 32.1. The lowest BCUT2D eigenvalue weighted by Gasteiger charge is -2.27. The van der Waals surface area contributed by atoms with Crippen molar-refractivity contribution in [2.75, 3.05) is 42.3 Å². The molecule has 1 aliphatic heterocycles. The van der Waals surface area contributed by atoms with Crippen LogP contribution in [0.4, 0.5) is 31.5 Å². The number of para-hydroxylation sites is 2. The van der Waals surface area contributed by atoms with E-state index in [1.807, 2.05) is 23.1 Å². The van der Waals surface area contributed by atoms with E-state index >= 15 is 0 Å². The quantitative estimate of drug-likeness (QED) is 0.374. The number of nitrogen functional groups attached to an aromatic ring is 1. The number of nitrogens with two attached hydrogens (primary N) is 1. The van der Waals surface area contributed by atoms with Crippen molar-refractivity contribution in [2.45, 2.75) is 6.43 Å². The molecule has 0 atom stereocenters. The third-order valence-corrected chi connectivity index (χ3v) is 6.40. The molecule has 10 nitrogen and oxygen atoms in total. The average Bonchev–Trinajstić information content (AvgIpc) is 3.44. The maximum absolute atomic E-state index is 14.0. The van der Waals surface area contributed by atoms with Crippen LogP contribution in [0.3, 0.4) is 0 Å². The molecule has 0 aliphatic carbocycles. The van der Waals surface area contributed by atoms with E-state index in [1.165, 1.54) is 15.9 Å². The van der Waals surface area contributed by atoms with Crippen molar-refractivity contribution in [2.24, 2.45) is 0 Å². The summed E-state index contributed by atoms with van der Waals surface area (Å²) < 4.78 is 35.6. The maximum atomic E-state index is 14.0. The fraction of sp³-hybridized carbons (Fsp3) is 0.227. The second kappa shape index (κ2) is 8.67. The normalized spacial score (nSPS) is 14.3. The molecule has 0 radical (unpaired) electrons. The molecule has 13 heteroatoms. The number of imidazole rings is 1. The zero-order valence-electron chi connectivity index (χ0n) is 18.2. The van der Waals surface area contributed by atoms with Gasteiger partial charge in [-0.15, -0.1) is 0 Å². The molecule has 0 saturated carbocycles. The van der Waals surface area contributed by atoms with Crippen molar-refractivity contribution in [3.05, 3.63) is 48.3 Å². The molecular formula is C22H19F2N9OS. The summed E-state index contributed by atoms with van der Waals surface area (Å²) in [6.45, 7) is 2.18. The maximum Gasteiger partial charge on any atom is 0.296 e. The van der Waals surface area contributed by atoms with Crippen molar-refractivity contribution in [1.82, 2.24) is 29.5 Å². The molecule has 3 aromatic heterocycles. The Hall–Kier alpha value is -3.97. The number of nitrogens with one attached hydrogen (secondary N) is 1. The third kappa shape index (κ3) is 4.08. The van der Waals surface area contributed by atoms with E-state index in [1.54, 1.807) is 24.3 Å². The number of hydrogen-bond donors (Lipinski definition) is 2. The summed E-state index contributed by atoms with van der Waals surface area (Å²) in [7, 11) is 0. The molecule has 178 valence electrons. The monoisotopic (exact) mass is 495 g/mol. The molecule has 0 spiro atoms. The first-order valence-electron chi connectivity index (χ1n) is 10.8. The van der Waals surface area contributed by atoms with Crippen LogP contribution in [-0.2, 0) is 4.74 Å². The summed E-state index contributed by atoms with van der Waals surface area (Å²) in [6.07, 6.45) is -2.82. The first kappa shape index (κ1) is 21.6. The molecule has 6 rings (SSSR count). The number of fused-ring (bicyclic) bond motifs is 2. The van der Waals surface area contributed by atoms with Crippen LogP contribution >= 0.6 is 11.3 Å². The Morgan fingerprint density at radius 3 is 2.57 bits per heavy atom. The standard InChI is InChI=1S/C22H19F2N9OS/c23-17(24)18-27-13-3-1-2-4-15(13)33(18)22-30-20(29-21(31-22)32-7-9-34-10-8-32)26-12-5-6-14-16(11-12)35-19(25)28-14/h1-6,11,17H,7-10H2,(H2,25,28)(H,26,29,30,31). The Bertz CT molecular complexity index is 1530. The van der Waals surface area contributed by atoms with Gasteiger partial charge in [-0.05, 0) is 30.3 Å². The molecule has 4 heterocycles. The SMILES string of the molecule is Nc1nc2ccc(Nc3nc(N4CCOCC4)nc(-n4c(C(F)F)nc5ccccc54)n3)cc2s1. The number of benzene rings is 2. The number of alkyl halides is 2. The lowest BCUT2D eigenvalue weighted by molar-refractivity contribution is 0.122. The van der Waals surface area contributed by atoms with Crippen LogP contribution in [0.15, 0.2) is 42.5 Å². The number of morpholine rings is 1. The van der Waals surface area contributed by atoms with Gasteiger partial charge in [-0.3, -0.25) is 4.57 Å². The van der Waals surface area contributed by atoms with E-state index in [0.29, 0.717) is 54.1 Å². The van der Waals surface area contributed by atoms with Gasteiger partial charge < -0.3 is 20.7 Å². The van der Waals surface area contributed by atoms with Gasteiger partial charge in [0.05, 0.1) is 34.5 Å². The van der Waals surface area contributed by atoms with Gasteiger partial charge in [0.25, 0.3) is 6.43 Å². The van der Waals surface area contributed by atoms with Crippen molar-refractivity contribution < 1.29 is 13.5 Å². The number of thiazole rings is 1. The van der Waals surface area contributed by atoms with Crippen molar-refractivity contribution in [1.29, 1.82) is 0 Å². The summed E-state index contributed by atoms with van der Waals surface area (Å²) in [5.41, 5.74) is 8.22. The van der Waals surface area contributed by atoms with Crippen LogP contribution in [0.25, 0.3) is 27.2 Å². The Morgan fingerprint density at radius 1 is 0.943 bits per heavy atom. The fourth-order valence-electron chi connectivity index (χ4n) is 3.97. The number of nitrogens with zero attached hydrogens (tertiary/aromatic N) is 7. The molecule has 0 amide bonds. The van der Waals surface area contributed by atoms with E-state index in [0.717, 1.165) is 10.2 Å². The smallest absolute Gasteiger partial charge is 0.296 e. The van der Waals surface area contributed by atoms with Crippen molar-refractivity contribution in [3.63, 3.8) is 0 Å². The number of anilines is 4. The van der Waals surface area contributed by atoms with E-state index in [-0.39, 0.29) is 11.9 Å². The van der Waals surface area contributed by atoms with Gasteiger partial charge in [-0.1, -0.05) is 23.5 Å². The zero-order chi connectivity index (χ0) is 23.9. The minimum atomic E-state index is -2.82. The van der Waals surface area contributed by atoms with Crippen LogP contribution < -0.4 is 16.0 Å². The van der Waals surface area contributed by atoms with Crippen molar-refractivity contribution in [3.8, 4) is 5.95 Å². The number of rotatable bonds is 5.